The molecule has 0 unspecified atom stereocenters. The monoisotopic (exact) mass is 504 g/mol. The van der Waals surface area contributed by atoms with Crippen molar-refractivity contribution in [3.8, 4) is 17.0 Å². The molecule has 2 N–H and O–H groups in total. The van der Waals surface area contributed by atoms with Gasteiger partial charge in [-0.2, -0.15) is 0 Å². The average Bonchev–Trinajstić information content (AvgIpc) is 3.31. The van der Waals surface area contributed by atoms with Gasteiger partial charge in [0.2, 0.25) is 5.91 Å². The van der Waals surface area contributed by atoms with E-state index in [4.69, 9.17) is 9.47 Å². The molecule has 9 heteroatoms. The van der Waals surface area contributed by atoms with Crippen LogP contribution in [0.1, 0.15) is 26.3 Å². The quantitative estimate of drug-likeness (QED) is 0.347. The first kappa shape index (κ1) is 25.1. The van der Waals surface area contributed by atoms with Crippen molar-refractivity contribution in [2.75, 3.05) is 12.4 Å². The summed E-state index contributed by atoms with van der Waals surface area (Å²) in [4.78, 5) is 34.4. The van der Waals surface area contributed by atoms with Gasteiger partial charge in [-0.25, -0.2) is 9.78 Å². The predicted octanol–water partition coefficient (Wildman–Crippen LogP) is 5.44. The Kier molecular flexibility index (Phi) is 7.49. The van der Waals surface area contributed by atoms with Crippen molar-refractivity contribution < 1.29 is 19.1 Å². The van der Waals surface area contributed by atoms with Crippen molar-refractivity contribution in [2.24, 2.45) is 0 Å². The first-order chi connectivity index (χ1) is 17.2. The highest BCUT2D eigenvalue weighted by molar-refractivity contribution is 7.14. The maximum absolute atomic E-state index is 13.2. The lowest BCUT2D eigenvalue weighted by molar-refractivity contribution is -0.118. The second-order valence-corrected chi connectivity index (χ2v) is 10.1. The van der Waals surface area contributed by atoms with Crippen LogP contribution < -0.4 is 15.4 Å². The minimum Gasteiger partial charge on any atom is -0.497 e. The number of aromatic nitrogens is 2. The van der Waals surface area contributed by atoms with E-state index in [2.05, 4.69) is 20.6 Å². The fourth-order valence-electron chi connectivity index (χ4n) is 3.56. The molecular weight excluding hydrogens is 476 g/mol. The number of carbonyl (C=O) groups is 2. The molecule has 1 atom stereocenters. The predicted molar refractivity (Wildman–Crippen MR) is 141 cm³/mol. The molecule has 0 saturated heterocycles. The fraction of sp³-hybridized carbons (Fsp3) is 0.259. The van der Waals surface area contributed by atoms with Gasteiger partial charge in [-0.3, -0.25) is 9.78 Å². The Balaban J connectivity index is 1.50. The number of alkyl carbamates (subject to hydrolysis) is 1. The van der Waals surface area contributed by atoms with Gasteiger partial charge in [-0.15, -0.1) is 11.3 Å². The largest absolute Gasteiger partial charge is 0.497 e. The van der Waals surface area contributed by atoms with E-state index in [0.717, 1.165) is 27.6 Å². The molecule has 4 aromatic rings. The Morgan fingerprint density at radius 1 is 1.06 bits per heavy atom. The molecule has 186 valence electrons. The summed E-state index contributed by atoms with van der Waals surface area (Å²) < 4.78 is 10.6. The summed E-state index contributed by atoms with van der Waals surface area (Å²) in [6.45, 7) is 5.31. The molecule has 36 heavy (non-hydrogen) atoms. The third-order valence-corrected chi connectivity index (χ3v) is 6.03. The van der Waals surface area contributed by atoms with Crippen molar-refractivity contribution in [3.05, 3.63) is 71.9 Å². The van der Waals surface area contributed by atoms with Crippen LogP contribution in [0.25, 0.3) is 22.0 Å². The number of amides is 2. The Bertz CT molecular complexity index is 1360. The van der Waals surface area contributed by atoms with Crippen LogP contribution in [0.4, 0.5) is 9.93 Å². The van der Waals surface area contributed by atoms with Gasteiger partial charge >= 0.3 is 6.09 Å². The number of thiazole rings is 1. The summed E-state index contributed by atoms with van der Waals surface area (Å²) in [5, 5.41) is 9.97. The molecule has 0 radical (unpaired) electrons. The highest BCUT2D eigenvalue weighted by Gasteiger charge is 2.25. The zero-order valence-corrected chi connectivity index (χ0v) is 21.4. The van der Waals surface area contributed by atoms with E-state index in [1.165, 1.54) is 11.3 Å². The first-order valence-electron chi connectivity index (χ1n) is 11.4. The Morgan fingerprint density at radius 3 is 2.56 bits per heavy atom. The summed E-state index contributed by atoms with van der Waals surface area (Å²) in [5.74, 6) is 0.322. The molecule has 0 aliphatic heterocycles. The molecule has 8 nitrogen and oxygen atoms in total. The van der Waals surface area contributed by atoms with Crippen molar-refractivity contribution >= 4 is 39.2 Å². The number of ether oxygens (including phenoxy) is 2. The topological polar surface area (TPSA) is 102 Å². The second-order valence-electron chi connectivity index (χ2n) is 9.22. The zero-order valence-electron chi connectivity index (χ0n) is 20.6. The summed E-state index contributed by atoms with van der Waals surface area (Å²) in [6.07, 6.45) is 3.17. The summed E-state index contributed by atoms with van der Waals surface area (Å²) >= 11 is 1.32. The third-order valence-electron chi connectivity index (χ3n) is 5.28. The molecule has 0 fully saturated rings. The highest BCUT2D eigenvalue weighted by Crippen LogP contribution is 2.27. The molecular formula is C27H28N4O4S. The average molecular weight is 505 g/mol. The van der Waals surface area contributed by atoms with Gasteiger partial charge in [0.1, 0.15) is 17.4 Å². The lowest BCUT2D eigenvalue weighted by atomic mass is 10.1. The van der Waals surface area contributed by atoms with Gasteiger partial charge < -0.3 is 20.1 Å². The summed E-state index contributed by atoms with van der Waals surface area (Å²) in [7, 11) is 1.59. The SMILES string of the molecule is COc1ccc(C[C@H](NC(=O)OC(C)(C)C)C(=O)Nc2nc(-c3ccc4cnccc4c3)cs2)cc1. The number of methoxy groups -OCH3 is 1. The molecule has 0 saturated carbocycles. The third kappa shape index (κ3) is 6.57. The Hall–Kier alpha value is -3.98. The van der Waals surface area contributed by atoms with Gasteiger partial charge in [0, 0.05) is 35.1 Å². The molecule has 0 spiro atoms. The number of nitrogens with one attached hydrogen (secondary N) is 2. The van der Waals surface area contributed by atoms with Crippen LogP contribution in [-0.2, 0) is 16.0 Å². The normalized spacial score (nSPS) is 12.1. The van der Waals surface area contributed by atoms with Gasteiger partial charge in [-0.05, 0) is 56.0 Å². The van der Waals surface area contributed by atoms with Crippen LogP contribution in [0, 0.1) is 0 Å². The molecule has 2 aromatic heterocycles. The molecule has 4 rings (SSSR count). The first-order valence-corrected chi connectivity index (χ1v) is 12.3. The van der Waals surface area contributed by atoms with E-state index >= 15 is 0 Å². The molecule has 0 aliphatic carbocycles. The maximum Gasteiger partial charge on any atom is 0.408 e. The van der Waals surface area contributed by atoms with Crippen LogP contribution >= 0.6 is 11.3 Å². The zero-order chi connectivity index (χ0) is 25.7. The number of nitrogens with zero attached hydrogens (tertiary/aromatic N) is 2. The lowest BCUT2D eigenvalue weighted by Crippen LogP contribution is -2.47. The molecule has 2 aromatic carbocycles. The fourth-order valence-corrected chi connectivity index (χ4v) is 4.28. The number of fused-ring (bicyclic) bond motifs is 1. The highest BCUT2D eigenvalue weighted by atomic mass is 32.1. The molecule has 2 amide bonds. The van der Waals surface area contributed by atoms with Crippen molar-refractivity contribution in [1.29, 1.82) is 0 Å². The molecule has 2 heterocycles. The van der Waals surface area contributed by atoms with Gasteiger partial charge in [0.25, 0.3) is 0 Å². The minimum absolute atomic E-state index is 0.270. The van der Waals surface area contributed by atoms with E-state index in [1.54, 1.807) is 34.1 Å². The van der Waals surface area contributed by atoms with Crippen molar-refractivity contribution in [2.45, 2.75) is 38.8 Å². The van der Waals surface area contributed by atoms with Crippen LogP contribution in [0.15, 0.2) is 66.3 Å². The van der Waals surface area contributed by atoms with E-state index in [1.807, 2.05) is 60.1 Å². The smallest absolute Gasteiger partial charge is 0.408 e. The van der Waals surface area contributed by atoms with Gasteiger partial charge in [0.05, 0.1) is 12.8 Å². The van der Waals surface area contributed by atoms with Gasteiger partial charge in [0.15, 0.2) is 5.13 Å². The van der Waals surface area contributed by atoms with E-state index in [9.17, 15) is 9.59 Å². The number of hydrogen-bond acceptors (Lipinski definition) is 7. The van der Waals surface area contributed by atoms with E-state index < -0.39 is 17.7 Å². The van der Waals surface area contributed by atoms with E-state index in [0.29, 0.717) is 10.9 Å². The molecule has 0 bridgehead atoms. The number of rotatable bonds is 7. The van der Waals surface area contributed by atoms with E-state index in [-0.39, 0.29) is 12.3 Å². The number of anilines is 1. The second kappa shape index (κ2) is 10.7. The number of hydrogen-bond donors (Lipinski definition) is 2. The van der Waals surface area contributed by atoms with Crippen LogP contribution in [0.2, 0.25) is 0 Å². The van der Waals surface area contributed by atoms with Crippen molar-refractivity contribution in [3.63, 3.8) is 0 Å². The van der Waals surface area contributed by atoms with Crippen LogP contribution in [0.5, 0.6) is 5.75 Å². The molecule has 0 aliphatic rings. The maximum atomic E-state index is 13.2. The summed E-state index contributed by atoms with van der Waals surface area (Å²) in [5.41, 5.74) is 1.86. The summed E-state index contributed by atoms with van der Waals surface area (Å²) in [6, 6.07) is 14.4. The number of pyridine rings is 1. The Labute approximate surface area is 213 Å². The number of benzene rings is 2. The standard InChI is InChI=1S/C27H28N4O4S/c1-27(2,3)35-26(33)30-22(13-17-5-9-21(34-4)10-6-17)24(32)31-25-29-23(16-36-25)19-7-8-20-15-28-12-11-18(20)14-19/h5-12,14-16,22H,13H2,1-4H3,(H,30,33)(H,29,31,32)/t22-/m0/s1. The van der Waals surface area contributed by atoms with Crippen molar-refractivity contribution in [1.82, 2.24) is 15.3 Å². The van der Waals surface area contributed by atoms with Crippen LogP contribution in [-0.4, -0.2) is 40.7 Å². The van der Waals surface area contributed by atoms with Crippen LogP contribution in [0.3, 0.4) is 0 Å². The number of carbonyl (C=O) groups excluding carboxylic acids is 2. The lowest BCUT2D eigenvalue weighted by Gasteiger charge is -2.23. The minimum atomic E-state index is -0.867. The Morgan fingerprint density at radius 2 is 1.83 bits per heavy atom. The van der Waals surface area contributed by atoms with Gasteiger partial charge in [-0.1, -0.05) is 24.3 Å².